The number of carboxylic acid groups (broad SMARTS) is 1. The van der Waals surface area contributed by atoms with Crippen molar-refractivity contribution in [3.8, 4) is 0 Å². The van der Waals surface area contributed by atoms with E-state index < -0.39 is 12.0 Å². The molecule has 1 unspecified atom stereocenters. The van der Waals surface area contributed by atoms with Crippen LogP contribution in [0.3, 0.4) is 0 Å². The zero-order valence-corrected chi connectivity index (χ0v) is 14.5. The quantitative estimate of drug-likeness (QED) is 0.596. The molecule has 0 aliphatic heterocycles. The standard InChI is InChI=1S/C18H22N4O4/c1-13(22-11-5-10-19-22)18(26)21-15-7-4-6-14(12-15)20-16(23)8-2-3-9-17(24)25/h4-7,10-13H,2-3,8-9H2,1H3,(H,20,23)(H,21,26)(H,24,25). The van der Waals surface area contributed by atoms with Gasteiger partial charge in [-0.05, 0) is 44.0 Å². The number of benzene rings is 1. The number of hydrogen-bond donors (Lipinski definition) is 3. The first-order chi connectivity index (χ1) is 12.5. The lowest BCUT2D eigenvalue weighted by Crippen LogP contribution is -2.24. The molecule has 0 radical (unpaired) electrons. The summed E-state index contributed by atoms with van der Waals surface area (Å²) in [6.45, 7) is 1.74. The number of anilines is 2. The minimum absolute atomic E-state index is 0.0588. The maximum atomic E-state index is 12.3. The number of amides is 2. The Kier molecular flexibility index (Phi) is 6.90. The smallest absolute Gasteiger partial charge is 0.303 e. The van der Waals surface area contributed by atoms with Gasteiger partial charge in [-0.25, -0.2) is 0 Å². The molecule has 1 heterocycles. The molecule has 2 amide bonds. The van der Waals surface area contributed by atoms with Gasteiger partial charge < -0.3 is 15.7 Å². The van der Waals surface area contributed by atoms with E-state index in [4.69, 9.17) is 5.11 Å². The van der Waals surface area contributed by atoms with E-state index in [9.17, 15) is 14.4 Å². The molecule has 0 spiro atoms. The molecule has 0 saturated heterocycles. The first kappa shape index (κ1) is 19.2. The third kappa shape index (κ3) is 6.04. The Labute approximate surface area is 151 Å². The number of aromatic nitrogens is 2. The highest BCUT2D eigenvalue weighted by atomic mass is 16.4. The normalized spacial score (nSPS) is 11.6. The van der Waals surface area contributed by atoms with Gasteiger partial charge in [-0.3, -0.25) is 19.1 Å². The second kappa shape index (κ2) is 9.36. The highest BCUT2D eigenvalue weighted by Gasteiger charge is 2.15. The van der Waals surface area contributed by atoms with Crippen molar-refractivity contribution in [3.05, 3.63) is 42.7 Å². The van der Waals surface area contributed by atoms with Gasteiger partial charge in [0.2, 0.25) is 11.8 Å². The van der Waals surface area contributed by atoms with Crippen molar-refractivity contribution >= 4 is 29.2 Å². The lowest BCUT2D eigenvalue weighted by molar-refractivity contribution is -0.137. The summed E-state index contributed by atoms with van der Waals surface area (Å²) in [6, 6.07) is 8.14. The predicted molar refractivity (Wildman–Crippen MR) is 96.7 cm³/mol. The number of carbonyl (C=O) groups excluding carboxylic acids is 2. The van der Waals surface area contributed by atoms with Crippen LogP contribution in [0.25, 0.3) is 0 Å². The Hall–Kier alpha value is -3.16. The molecule has 0 saturated carbocycles. The van der Waals surface area contributed by atoms with Crippen molar-refractivity contribution in [1.82, 2.24) is 9.78 Å². The van der Waals surface area contributed by atoms with Crippen LogP contribution in [0.15, 0.2) is 42.7 Å². The second-order valence-electron chi connectivity index (χ2n) is 5.88. The van der Waals surface area contributed by atoms with Crippen LogP contribution in [0, 0.1) is 0 Å². The Morgan fingerprint density at radius 2 is 1.81 bits per heavy atom. The minimum Gasteiger partial charge on any atom is -0.481 e. The van der Waals surface area contributed by atoms with Crippen molar-refractivity contribution < 1.29 is 19.5 Å². The highest BCUT2D eigenvalue weighted by molar-refractivity contribution is 5.95. The molecule has 3 N–H and O–H groups in total. The lowest BCUT2D eigenvalue weighted by atomic mass is 10.2. The monoisotopic (exact) mass is 358 g/mol. The molecule has 26 heavy (non-hydrogen) atoms. The van der Waals surface area contributed by atoms with Crippen molar-refractivity contribution in [2.24, 2.45) is 0 Å². The summed E-state index contributed by atoms with van der Waals surface area (Å²) in [7, 11) is 0. The van der Waals surface area contributed by atoms with E-state index in [1.165, 1.54) is 0 Å². The average molecular weight is 358 g/mol. The zero-order chi connectivity index (χ0) is 18.9. The summed E-state index contributed by atoms with van der Waals surface area (Å²) in [5.41, 5.74) is 1.13. The van der Waals surface area contributed by atoms with Gasteiger partial charge in [-0.1, -0.05) is 6.07 Å². The van der Waals surface area contributed by atoms with Crippen LogP contribution in [0.5, 0.6) is 0 Å². The van der Waals surface area contributed by atoms with Gasteiger partial charge in [0.25, 0.3) is 0 Å². The van der Waals surface area contributed by atoms with Gasteiger partial charge >= 0.3 is 5.97 Å². The van der Waals surface area contributed by atoms with E-state index in [-0.39, 0.29) is 24.7 Å². The molecule has 1 atom stereocenters. The number of nitrogens with zero attached hydrogens (tertiary/aromatic N) is 2. The fourth-order valence-electron chi connectivity index (χ4n) is 2.34. The average Bonchev–Trinajstić information content (AvgIpc) is 3.12. The van der Waals surface area contributed by atoms with E-state index in [0.29, 0.717) is 24.2 Å². The maximum Gasteiger partial charge on any atom is 0.303 e. The number of hydrogen-bond acceptors (Lipinski definition) is 4. The van der Waals surface area contributed by atoms with Gasteiger partial charge in [-0.2, -0.15) is 5.10 Å². The van der Waals surface area contributed by atoms with Crippen molar-refractivity contribution in [2.45, 2.75) is 38.6 Å². The number of unbranched alkanes of at least 4 members (excludes halogenated alkanes) is 1. The molecule has 8 nitrogen and oxygen atoms in total. The molecule has 2 aromatic rings. The van der Waals surface area contributed by atoms with Crippen LogP contribution in [0.4, 0.5) is 11.4 Å². The van der Waals surface area contributed by atoms with Gasteiger partial charge in [-0.15, -0.1) is 0 Å². The number of aliphatic carboxylic acids is 1. The van der Waals surface area contributed by atoms with Crippen molar-refractivity contribution in [3.63, 3.8) is 0 Å². The van der Waals surface area contributed by atoms with Gasteiger partial charge in [0, 0.05) is 36.6 Å². The SMILES string of the molecule is CC(C(=O)Nc1cccc(NC(=O)CCCCC(=O)O)c1)n1cccn1. The Morgan fingerprint density at radius 1 is 1.12 bits per heavy atom. The van der Waals surface area contributed by atoms with E-state index in [0.717, 1.165) is 0 Å². The molecule has 0 bridgehead atoms. The summed E-state index contributed by atoms with van der Waals surface area (Å²) < 4.78 is 1.55. The zero-order valence-electron chi connectivity index (χ0n) is 14.5. The first-order valence-electron chi connectivity index (χ1n) is 8.37. The fraction of sp³-hybridized carbons (Fsp3) is 0.333. The Morgan fingerprint density at radius 3 is 2.46 bits per heavy atom. The molecule has 0 aliphatic carbocycles. The number of rotatable bonds is 9. The summed E-state index contributed by atoms with van der Waals surface area (Å²) in [5.74, 6) is -1.27. The molecule has 0 aliphatic rings. The maximum absolute atomic E-state index is 12.3. The van der Waals surface area contributed by atoms with Crippen LogP contribution in [0.2, 0.25) is 0 Å². The van der Waals surface area contributed by atoms with E-state index in [1.807, 2.05) is 0 Å². The molecular formula is C18H22N4O4. The summed E-state index contributed by atoms with van der Waals surface area (Å²) >= 11 is 0. The molecule has 138 valence electrons. The third-order valence-electron chi connectivity index (χ3n) is 3.76. The molecule has 1 aromatic carbocycles. The van der Waals surface area contributed by atoms with Crippen LogP contribution < -0.4 is 10.6 Å². The van der Waals surface area contributed by atoms with Crippen molar-refractivity contribution in [1.29, 1.82) is 0 Å². The third-order valence-corrected chi connectivity index (χ3v) is 3.76. The fourth-order valence-corrected chi connectivity index (χ4v) is 2.34. The summed E-state index contributed by atoms with van der Waals surface area (Å²) in [6.07, 6.45) is 4.60. The van der Waals surface area contributed by atoms with Gasteiger partial charge in [0.05, 0.1) is 0 Å². The number of carboxylic acids is 1. The topological polar surface area (TPSA) is 113 Å². The van der Waals surface area contributed by atoms with E-state index in [1.54, 1.807) is 54.3 Å². The largest absolute Gasteiger partial charge is 0.481 e. The number of carbonyl (C=O) groups is 3. The van der Waals surface area contributed by atoms with Crippen LogP contribution in [0.1, 0.15) is 38.6 Å². The predicted octanol–water partition coefficient (Wildman–Crippen LogP) is 2.67. The van der Waals surface area contributed by atoms with Crippen molar-refractivity contribution in [2.75, 3.05) is 10.6 Å². The van der Waals surface area contributed by atoms with Gasteiger partial charge in [0.1, 0.15) is 6.04 Å². The lowest BCUT2D eigenvalue weighted by Gasteiger charge is -2.13. The Balaban J connectivity index is 1.86. The second-order valence-corrected chi connectivity index (χ2v) is 5.88. The van der Waals surface area contributed by atoms with Crippen LogP contribution in [-0.4, -0.2) is 32.7 Å². The molecular weight excluding hydrogens is 336 g/mol. The summed E-state index contributed by atoms with van der Waals surface area (Å²) in [5, 5.41) is 18.2. The first-order valence-corrected chi connectivity index (χ1v) is 8.37. The highest BCUT2D eigenvalue weighted by Crippen LogP contribution is 2.17. The van der Waals surface area contributed by atoms with E-state index in [2.05, 4.69) is 15.7 Å². The summed E-state index contributed by atoms with van der Waals surface area (Å²) in [4.78, 5) is 34.6. The number of nitrogens with one attached hydrogen (secondary N) is 2. The molecule has 8 heteroatoms. The van der Waals surface area contributed by atoms with E-state index >= 15 is 0 Å². The van der Waals surface area contributed by atoms with Crippen LogP contribution in [-0.2, 0) is 14.4 Å². The van der Waals surface area contributed by atoms with Crippen LogP contribution >= 0.6 is 0 Å². The molecule has 1 aromatic heterocycles. The van der Waals surface area contributed by atoms with Gasteiger partial charge in [0.15, 0.2) is 0 Å². The minimum atomic E-state index is -0.863. The molecule has 0 fully saturated rings. The molecule has 2 rings (SSSR count). The Bertz CT molecular complexity index is 758.